The molecule has 2 aromatic carbocycles. The molecule has 1 aliphatic rings. The normalized spacial score (nSPS) is 14.0. The number of aromatic nitrogens is 2. The molecule has 6 heteroatoms. The van der Waals surface area contributed by atoms with Crippen molar-refractivity contribution >= 4 is 17.5 Å². The van der Waals surface area contributed by atoms with Gasteiger partial charge in [0.15, 0.2) is 5.82 Å². The number of carbonyl (C=O) groups excluding carboxylic acids is 1. The van der Waals surface area contributed by atoms with Crippen LogP contribution in [0, 0.1) is 20.8 Å². The van der Waals surface area contributed by atoms with Crippen LogP contribution in [0.3, 0.4) is 0 Å². The molecule has 1 N–H and O–H groups in total. The van der Waals surface area contributed by atoms with E-state index in [0.29, 0.717) is 13.1 Å². The van der Waals surface area contributed by atoms with Gasteiger partial charge < -0.3 is 15.1 Å². The molecule has 1 aliphatic heterocycles. The summed E-state index contributed by atoms with van der Waals surface area (Å²) < 4.78 is 0. The van der Waals surface area contributed by atoms with Gasteiger partial charge in [-0.3, -0.25) is 0 Å². The number of nitrogens with zero attached hydrogens (tertiary/aromatic N) is 4. The second-order valence-electron chi connectivity index (χ2n) is 7.87. The zero-order chi connectivity index (χ0) is 21.1. The third-order valence-electron chi connectivity index (χ3n) is 5.51. The van der Waals surface area contributed by atoms with Gasteiger partial charge in [-0.15, -0.1) is 10.2 Å². The van der Waals surface area contributed by atoms with Crippen LogP contribution in [0.15, 0.2) is 54.6 Å². The molecule has 0 unspecified atom stereocenters. The molecule has 0 saturated carbocycles. The van der Waals surface area contributed by atoms with Gasteiger partial charge in [0.2, 0.25) is 0 Å². The van der Waals surface area contributed by atoms with Crippen LogP contribution in [-0.2, 0) is 0 Å². The molecule has 1 fully saturated rings. The highest BCUT2D eigenvalue weighted by atomic mass is 16.2. The molecule has 4 rings (SSSR count). The smallest absolute Gasteiger partial charge is 0.321 e. The SMILES string of the molecule is Cc1ccc(-c2ccc(N3CCN(C(=O)Nc4ccc(C)cc4C)CC3)nn2)cc1. The standard InChI is InChI=1S/C24H27N5O/c1-17-4-7-20(8-5-17)22-10-11-23(27-26-22)28-12-14-29(15-13-28)24(30)25-21-9-6-18(2)16-19(21)3/h4-11,16H,12-15H2,1-3H3,(H,25,30). The number of hydrogen-bond acceptors (Lipinski definition) is 4. The minimum absolute atomic E-state index is 0.0533. The fourth-order valence-corrected chi connectivity index (χ4v) is 3.66. The number of carbonyl (C=O) groups is 1. The maximum atomic E-state index is 12.6. The quantitative estimate of drug-likeness (QED) is 0.706. The van der Waals surface area contributed by atoms with E-state index in [-0.39, 0.29) is 6.03 Å². The lowest BCUT2D eigenvalue weighted by Crippen LogP contribution is -2.50. The molecular formula is C24H27N5O. The van der Waals surface area contributed by atoms with Crippen molar-refractivity contribution in [2.45, 2.75) is 20.8 Å². The van der Waals surface area contributed by atoms with Crippen LogP contribution in [0.1, 0.15) is 16.7 Å². The predicted octanol–water partition coefficient (Wildman–Crippen LogP) is 4.42. The summed E-state index contributed by atoms with van der Waals surface area (Å²) in [4.78, 5) is 16.7. The molecule has 3 aromatic rings. The van der Waals surface area contributed by atoms with Gasteiger partial charge in [0, 0.05) is 37.4 Å². The van der Waals surface area contributed by atoms with Crippen LogP contribution in [-0.4, -0.2) is 47.3 Å². The van der Waals surface area contributed by atoms with Crippen molar-refractivity contribution in [1.29, 1.82) is 0 Å². The van der Waals surface area contributed by atoms with Crippen LogP contribution in [0.2, 0.25) is 0 Å². The largest absolute Gasteiger partial charge is 0.352 e. The Bertz CT molecular complexity index is 1020. The van der Waals surface area contributed by atoms with Gasteiger partial charge in [-0.2, -0.15) is 0 Å². The van der Waals surface area contributed by atoms with E-state index in [1.807, 2.05) is 43.0 Å². The Morgan fingerprint density at radius 3 is 2.17 bits per heavy atom. The van der Waals surface area contributed by atoms with Crippen molar-refractivity contribution in [2.24, 2.45) is 0 Å². The number of urea groups is 1. The number of rotatable bonds is 3. The predicted molar refractivity (Wildman–Crippen MR) is 121 cm³/mol. The molecule has 0 atom stereocenters. The lowest BCUT2D eigenvalue weighted by molar-refractivity contribution is 0.208. The monoisotopic (exact) mass is 401 g/mol. The first-order valence-electron chi connectivity index (χ1n) is 10.3. The van der Waals surface area contributed by atoms with Gasteiger partial charge in [-0.05, 0) is 44.5 Å². The van der Waals surface area contributed by atoms with Gasteiger partial charge in [0.1, 0.15) is 0 Å². The minimum Gasteiger partial charge on any atom is -0.352 e. The molecular weight excluding hydrogens is 374 g/mol. The summed E-state index contributed by atoms with van der Waals surface area (Å²) in [5.74, 6) is 0.847. The first-order valence-corrected chi connectivity index (χ1v) is 10.3. The Morgan fingerprint density at radius 1 is 0.833 bits per heavy atom. The number of benzene rings is 2. The molecule has 6 nitrogen and oxygen atoms in total. The summed E-state index contributed by atoms with van der Waals surface area (Å²) >= 11 is 0. The van der Waals surface area contributed by atoms with E-state index >= 15 is 0 Å². The number of hydrogen-bond donors (Lipinski definition) is 1. The van der Waals surface area contributed by atoms with E-state index in [2.05, 4.69) is 57.7 Å². The summed E-state index contributed by atoms with van der Waals surface area (Å²) in [7, 11) is 0. The average Bonchev–Trinajstić information content (AvgIpc) is 2.76. The number of amides is 2. The second-order valence-corrected chi connectivity index (χ2v) is 7.87. The summed E-state index contributed by atoms with van der Waals surface area (Å²) in [5.41, 5.74) is 6.28. The molecule has 0 aliphatic carbocycles. The zero-order valence-corrected chi connectivity index (χ0v) is 17.7. The summed E-state index contributed by atoms with van der Waals surface area (Å²) in [6.07, 6.45) is 0. The summed E-state index contributed by atoms with van der Waals surface area (Å²) in [6, 6.07) is 18.3. The van der Waals surface area contributed by atoms with E-state index in [0.717, 1.165) is 41.4 Å². The lowest BCUT2D eigenvalue weighted by atomic mass is 10.1. The van der Waals surface area contributed by atoms with Gasteiger partial charge in [0.25, 0.3) is 0 Å². The van der Waals surface area contributed by atoms with Gasteiger partial charge in [-0.1, -0.05) is 47.5 Å². The van der Waals surface area contributed by atoms with E-state index in [1.54, 1.807) is 0 Å². The van der Waals surface area contributed by atoms with Crippen LogP contribution in [0.25, 0.3) is 11.3 Å². The molecule has 0 bridgehead atoms. The van der Waals surface area contributed by atoms with Crippen molar-refractivity contribution in [2.75, 3.05) is 36.4 Å². The molecule has 1 aromatic heterocycles. The van der Waals surface area contributed by atoms with E-state index in [9.17, 15) is 4.79 Å². The Hall–Kier alpha value is -3.41. The van der Waals surface area contributed by atoms with Crippen molar-refractivity contribution < 1.29 is 4.79 Å². The fourth-order valence-electron chi connectivity index (χ4n) is 3.66. The Labute approximate surface area is 177 Å². The molecule has 0 spiro atoms. The third kappa shape index (κ3) is 4.43. The molecule has 0 radical (unpaired) electrons. The van der Waals surface area contributed by atoms with E-state index < -0.39 is 0 Å². The molecule has 1 saturated heterocycles. The van der Waals surface area contributed by atoms with Gasteiger partial charge in [-0.25, -0.2) is 4.79 Å². The second kappa shape index (κ2) is 8.53. The first kappa shape index (κ1) is 19.9. The van der Waals surface area contributed by atoms with Crippen molar-refractivity contribution in [3.63, 3.8) is 0 Å². The van der Waals surface area contributed by atoms with E-state index in [4.69, 9.17) is 0 Å². The number of aryl methyl sites for hydroxylation is 3. The lowest BCUT2D eigenvalue weighted by Gasteiger charge is -2.35. The molecule has 2 amide bonds. The number of anilines is 2. The summed E-state index contributed by atoms with van der Waals surface area (Å²) in [6.45, 7) is 8.90. The average molecular weight is 402 g/mol. The highest BCUT2D eigenvalue weighted by molar-refractivity contribution is 5.90. The van der Waals surface area contributed by atoms with Crippen LogP contribution in [0.4, 0.5) is 16.3 Å². The van der Waals surface area contributed by atoms with Crippen LogP contribution < -0.4 is 10.2 Å². The fraction of sp³-hybridized carbons (Fsp3) is 0.292. The molecule has 2 heterocycles. The minimum atomic E-state index is -0.0533. The van der Waals surface area contributed by atoms with Crippen molar-refractivity contribution in [1.82, 2.24) is 15.1 Å². The van der Waals surface area contributed by atoms with Crippen LogP contribution >= 0.6 is 0 Å². The third-order valence-corrected chi connectivity index (χ3v) is 5.51. The van der Waals surface area contributed by atoms with Gasteiger partial charge in [0.05, 0.1) is 5.69 Å². The Balaban J connectivity index is 1.34. The number of nitrogens with one attached hydrogen (secondary N) is 1. The molecule has 154 valence electrons. The first-order chi connectivity index (χ1) is 14.5. The topological polar surface area (TPSA) is 61.4 Å². The maximum absolute atomic E-state index is 12.6. The Morgan fingerprint density at radius 2 is 1.53 bits per heavy atom. The maximum Gasteiger partial charge on any atom is 0.321 e. The number of piperazine rings is 1. The summed E-state index contributed by atoms with van der Waals surface area (Å²) in [5, 5.41) is 11.8. The van der Waals surface area contributed by atoms with Crippen molar-refractivity contribution in [3.8, 4) is 11.3 Å². The van der Waals surface area contributed by atoms with Gasteiger partial charge >= 0.3 is 6.03 Å². The Kier molecular flexibility index (Phi) is 5.65. The zero-order valence-electron chi connectivity index (χ0n) is 17.7. The highest BCUT2D eigenvalue weighted by Crippen LogP contribution is 2.21. The van der Waals surface area contributed by atoms with Crippen molar-refractivity contribution in [3.05, 3.63) is 71.3 Å². The van der Waals surface area contributed by atoms with Crippen LogP contribution in [0.5, 0.6) is 0 Å². The molecule has 30 heavy (non-hydrogen) atoms. The highest BCUT2D eigenvalue weighted by Gasteiger charge is 2.22. The van der Waals surface area contributed by atoms with E-state index in [1.165, 1.54) is 11.1 Å².